The minimum absolute atomic E-state index is 0.0461. The van der Waals surface area contributed by atoms with Crippen LogP contribution in [0.5, 0.6) is 0 Å². The highest BCUT2D eigenvalue weighted by molar-refractivity contribution is 5.82. The summed E-state index contributed by atoms with van der Waals surface area (Å²) in [7, 11) is 0. The first-order chi connectivity index (χ1) is 7.43. The Kier molecular flexibility index (Phi) is 11.9. The van der Waals surface area contributed by atoms with Crippen LogP contribution in [0.15, 0.2) is 12.7 Å². The summed E-state index contributed by atoms with van der Waals surface area (Å²) >= 11 is 0. The molecule has 0 heterocycles. The molecule has 0 fully saturated rings. The van der Waals surface area contributed by atoms with Crippen LogP contribution in [0.3, 0.4) is 0 Å². The number of aliphatic hydroxyl groups is 1. The summed E-state index contributed by atoms with van der Waals surface area (Å²) in [6, 6.07) is 0. The molecule has 0 saturated heterocycles. The van der Waals surface area contributed by atoms with Crippen molar-refractivity contribution in [2.24, 2.45) is 0 Å². The fraction of sp³-hybridized carbons (Fsp3) is 0.500. The summed E-state index contributed by atoms with van der Waals surface area (Å²) in [6.07, 6.45) is 1.58. The van der Waals surface area contributed by atoms with Crippen LogP contribution in [0.4, 0.5) is 0 Å². The summed E-state index contributed by atoms with van der Waals surface area (Å²) in [5.74, 6) is -1.57. The highest BCUT2D eigenvalue weighted by atomic mass is 16.6. The van der Waals surface area contributed by atoms with Crippen molar-refractivity contribution in [2.75, 3.05) is 13.2 Å². The van der Waals surface area contributed by atoms with Gasteiger partial charge in [-0.15, -0.1) is 0 Å². The quantitative estimate of drug-likeness (QED) is 0.322. The zero-order valence-electron chi connectivity index (χ0n) is 9.39. The van der Waals surface area contributed by atoms with E-state index in [0.717, 1.165) is 6.08 Å². The van der Waals surface area contributed by atoms with E-state index in [4.69, 9.17) is 5.11 Å². The van der Waals surface area contributed by atoms with E-state index < -0.39 is 17.9 Å². The van der Waals surface area contributed by atoms with Gasteiger partial charge in [0.1, 0.15) is 0 Å². The fourth-order valence-corrected chi connectivity index (χ4v) is 0.499. The first-order valence-corrected chi connectivity index (χ1v) is 4.53. The van der Waals surface area contributed by atoms with Gasteiger partial charge in [0.05, 0.1) is 6.61 Å². The molecule has 0 spiro atoms. The largest absolute Gasteiger partial charge is 0.462 e. The summed E-state index contributed by atoms with van der Waals surface area (Å²) < 4.78 is 8.49. The predicted molar refractivity (Wildman–Crippen MR) is 55.3 cm³/mol. The molecule has 0 amide bonds. The van der Waals surface area contributed by atoms with Crippen LogP contribution >= 0.6 is 0 Å². The lowest BCUT2D eigenvalue weighted by Crippen LogP contribution is -2.03. The Morgan fingerprint density at radius 3 is 2.00 bits per heavy atom. The van der Waals surface area contributed by atoms with Gasteiger partial charge in [-0.2, -0.15) is 0 Å². The summed E-state index contributed by atoms with van der Waals surface area (Å²) in [4.78, 5) is 29.9. The van der Waals surface area contributed by atoms with Gasteiger partial charge in [0, 0.05) is 33.0 Å². The molecule has 0 aliphatic rings. The molecule has 0 aromatic heterocycles. The van der Waals surface area contributed by atoms with Crippen molar-refractivity contribution < 1.29 is 29.0 Å². The van der Waals surface area contributed by atoms with Crippen molar-refractivity contribution in [3.05, 3.63) is 12.7 Å². The van der Waals surface area contributed by atoms with Gasteiger partial charge >= 0.3 is 17.9 Å². The zero-order valence-corrected chi connectivity index (χ0v) is 9.39. The molecule has 0 bridgehead atoms. The molecule has 0 aliphatic heterocycles. The highest BCUT2D eigenvalue weighted by Crippen LogP contribution is 1.82. The van der Waals surface area contributed by atoms with Gasteiger partial charge in [-0.1, -0.05) is 6.58 Å². The Morgan fingerprint density at radius 2 is 1.75 bits per heavy atom. The molecule has 0 unspecified atom stereocenters. The fourth-order valence-electron chi connectivity index (χ4n) is 0.499. The van der Waals surface area contributed by atoms with Crippen molar-refractivity contribution >= 4 is 17.9 Å². The Hall–Kier alpha value is -1.69. The molecule has 1 N–H and O–H groups in total. The van der Waals surface area contributed by atoms with Gasteiger partial charge < -0.3 is 14.6 Å². The van der Waals surface area contributed by atoms with Gasteiger partial charge in [-0.25, -0.2) is 4.79 Å². The van der Waals surface area contributed by atoms with E-state index in [1.807, 2.05) is 0 Å². The van der Waals surface area contributed by atoms with Crippen LogP contribution in [0.2, 0.25) is 0 Å². The van der Waals surface area contributed by atoms with E-state index in [1.165, 1.54) is 13.8 Å². The minimum atomic E-state index is -0.562. The molecule has 6 heteroatoms. The number of hydrogen-bond donors (Lipinski definition) is 1. The van der Waals surface area contributed by atoms with Gasteiger partial charge in [0.15, 0.2) is 0 Å². The van der Waals surface area contributed by atoms with Crippen LogP contribution in [-0.4, -0.2) is 36.2 Å². The lowest BCUT2D eigenvalue weighted by atomic mass is 10.5. The normalized spacial score (nSPS) is 8.19. The van der Waals surface area contributed by atoms with E-state index in [2.05, 4.69) is 16.1 Å². The van der Waals surface area contributed by atoms with Crippen LogP contribution < -0.4 is 0 Å². The van der Waals surface area contributed by atoms with Gasteiger partial charge in [-0.05, 0) is 0 Å². The Labute approximate surface area is 93.8 Å². The zero-order chi connectivity index (χ0) is 13.0. The smallest absolute Gasteiger partial charge is 0.330 e. The van der Waals surface area contributed by atoms with Crippen molar-refractivity contribution in [3.63, 3.8) is 0 Å². The van der Waals surface area contributed by atoms with Crippen molar-refractivity contribution in [1.82, 2.24) is 0 Å². The Bertz CT molecular complexity index is 234. The second kappa shape index (κ2) is 11.4. The van der Waals surface area contributed by atoms with E-state index in [-0.39, 0.29) is 13.2 Å². The van der Waals surface area contributed by atoms with E-state index in [1.54, 1.807) is 0 Å². The lowest BCUT2D eigenvalue weighted by molar-refractivity contribution is -0.156. The van der Waals surface area contributed by atoms with Crippen molar-refractivity contribution in [3.8, 4) is 0 Å². The van der Waals surface area contributed by atoms with Crippen LogP contribution in [0.1, 0.15) is 20.3 Å². The van der Waals surface area contributed by atoms with Crippen LogP contribution in [0, 0.1) is 0 Å². The molecule has 0 aromatic carbocycles. The van der Waals surface area contributed by atoms with Crippen LogP contribution in [0.25, 0.3) is 0 Å². The third-order valence-electron chi connectivity index (χ3n) is 1.00. The average molecular weight is 232 g/mol. The van der Waals surface area contributed by atoms with Crippen molar-refractivity contribution in [1.29, 1.82) is 0 Å². The van der Waals surface area contributed by atoms with E-state index in [9.17, 15) is 14.4 Å². The maximum Gasteiger partial charge on any atom is 0.330 e. The first-order valence-electron chi connectivity index (χ1n) is 4.53. The first kappa shape index (κ1) is 16.7. The number of rotatable bonds is 4. The molecule has 0 aliphatic carbocycles. The third kappa shape index (κ3) is 18.2. The third-order valence-corrected chi connectivity index (χ3v) is 1.00. The average Bonchev–Trinajstić information content (AvgIpc) is 2.16. The standard InChI is InChI=1S/C6H10O3.C4H6O3/c1-2-6(8)9-5-3-4-7;1-3(5)7-4(2)6/h2,7H,1,3-5H2;1-2H3. The molecule has 6 nitrogen and oxygen atoms in total. The second-order valence-corrected chi connectivity index (χ2v) is 2.53. The Morgan fingerprint density at radius 1 is 1.25 bits per heavy atom. The van der Waals surface area contributed by atoms with Gasteiger partial charge in [0.2, 0.25) is 0 Å². The number of hydrogen-bond acceptors (Lipinski definition) is 6. The summed E-state index contributed by atoms with van der Waals surface area (Å²) in [5, 5.41) is 8.23. The highest BCUT2D eigenvalue weighted by Gasteiger charge is 1.93. The molecular weight excluding hydrogens is 216 g/mol. The summed E-state index contributed by atoms with van der Waals surface area (Å²) in [6.45, 7) is 5.88. The molecule has 0 atom stereocenters. The number of ether oxygens (including phenoxy) is 2. The van der Waals surface area contributed by atoms with Gasteiger partial charge in [0.25, 0.3) is 0 Å². The molecule has 0 radical (unpaired) electrons. The maximum atomic E-state index is 10.3. The molecule has 0 aromatic rings. The summed E-state index contributed by atoms with van der Waals surface area (Å²) in [5.41, 5.74) is 0. The predicted octanol–water partition coefficient (Wildman–Crippen LogP) is 0.194. The maximum absolute atomic E-state index is 10.3. The van der Waals surface area contributed by atoms with E-state index >= 15 is 0 Å². The molecular formula is C10H16O6. The molecule has 0 saturated carbocycles. The Balaban J connectivity index is 0. The molecule has 0 rings (SSSR count). The van der Waals surface area contributed by atoms with Gasteiger partial charge in [-0.3, -0.25) is 9.59 Å². The number of esters is 3. The van der Waals surface area contributed by atoms with Crippen LogP contribution in [-0.2, 0) is 23.9 Å². The SMILES string of the molecule is C=CC(=O)OCCCO.CC(=O)OC(C)=O. The van der Waals surface area contributed by atoms with E-state index in [0.29, 0.717) is 6.42 Å². The topological polar surface area (TPSA) is 89.9 Å². The monoisotopic (exact) mass is 232 g/mol. The number of aliphatic hydroxyl groups excluding tert-OH is 1. The lowest BCUT2D eigenvalue weighted by Gasteiger charge is -1.96. The minimum Gasteiger partial charge on any atom is -0.462 e. The van der Waals surface area contributed by atoms with Crippen molar-refractivity contribution in [2.45, 2.75) is 20.3 Å². The molecule has 92 valence electrons. The molecule has 16 heavy (non-hydrogen) atoms. The number of carbonyl (C=O) groups is 3. The second-order valence-electron chi connectivity index (χ2n) is 2.53. The number of carbonyl (C=O) groups excluding carboxylic acids is 3.